The maximum Gasteiger partial charge on any atom is 0.259 e. The highest BCUT2D eigenvalue weighted by Crippen LogP contribution is 2.43. The van der Waals surface area contributed by atoms with Gasteiger partial charge in [-0.1, -0.05) is 54.6 Å². The van der Waals surface area contributed by atoms with E-state index in [4.69, 9.17) is 4.74 Å². The average molecular weight is 437 g/mol. The third kappa shape index (κ3) is 4.17. The van der Waals surface area contributed by atoms with Crippen molar-refractivity contribution in [3.63, 3.8) is 0 Å². The van der Waals surface area contributed by atoms with Crippen molar-refractivity contribution in [2.75, 3.05) is 13.7 Å². The molecule has 31 heavy (non-hydrogen) atoms. The number of sulfonamides is 1. The van der Waals surface area contributed by atoms with E-state index in [9.17, 15) is 8.42 Å². The Morgan fingerprint density at radius 1 is 1.06 bits per heavy atom. The van der Waals surface area contributed by atoms with Crippen LogP contribution in [0.4, 0.5) is 0 Å². The van der Waals surface area contributed by atoms with Gasteiger partial charge < -0.3 is 4.74 Å². The Bertz CT molecular complexity index is 1120. The lowest BCUT2D eigenvalue weighted by molar-refractivity contribution is 0.395. The van der Waals surface area contributed by atoms with Crippen LogP contribution in [0.2, 0.25) is 0 Å². The second kappa shape index (κ2) is 8.71. The molecule has 4 rings (SSSR count). The minimum absolute atomic E-state index is 0.395. The van der Waals surface area contributed by atoms with Gasteiger partial charge in [0.25, 0.3) is 10.0 Å². The fourth-order valence-corrected chi connectivity index (χ4v) is 6.01. The molecule has 1 atom stereocenters. The van der Waals surface area contributed by atoms with Crippen LogP contribution in [0.25, 0.3) is 5.57 Å². The van der Waals surface area contributed by atoms with E-state index in [0.717, 1.165) is 40.9 Å². The van der Waals surface area contributed by atoms with Gasteiger partial charge >= 0.3 is 0 Å². The quantitative estimate of drug-likeness (QED) is 0.652. The molecule has 0 spiro atoms. The molecule has 0 radical (unpaired) electrons. The van der Waals surface area contributed by atoms with Gasteiger partial charge in [0.05, 0.1) is 13.7 Å². The van der Waals surface area contributed by atoms with Crippen molar-refractivity contribution >= 4 is 21.8 Å². The number of methoxy groups -OCH3 is 1. The molecule has 0 amide bonds. The van der Waals surface area contributed by atoms with Gasteiger partial charge in [0, 0.05) is 6.21 Å². The van der Waals surface area contributed by atoms with E-state index in [1.165, 1.54) is 4.41 Å². The molecule has 2 aromatic carbocycles. The zero-order valence-corrected chi connectivity index (χ0v) is 18.8. The van der Waals surface area contributed by atoms with E-state index in [-0.39, 0.29) is 0 Å². The van der Waals surface area contributed by atoms with Gasteiger partial charge in [0.2, 0.25) is 0 Å². The minimum Gasteiger partial charge on any atom is -0.497 e. The topological polar surface area (TPSA) is 59.0 Å². The summed E-state index contributed by atoms with van der Waals surface area (Å²) in [7, 11) is -2.07. The Balaban J connectivity index is 1.76. The Kier molecular flexibility index (Phi) is 6.01. The van der Waals surface area contributed by atoms with Crippen LogP contribution in [0.1, 0.15) is 37.3 Å². The number of hydrogen-bond donors (Lipinski definition) is 0. The van der Waals surface area contributed by atoms with Crippen molar-refractivity contribution < 1.29 is 13.2 Å². The molecule has 0 saturated heterocycles. The average Bonchev–Trinajstić information content (AvgIpc) is 2.81. The Labute approximate surface area is 184 Å². The lowest BCUT2D eigenvalue weighted by Crippen LogP contribution is -2.48. The first-order valence-electron chi connectivity index (χ1n) is 10.6. The molecule has 162 valence electrons. The number of allylic oxidation sites excluding steroid dienone is 3. The zero-order chi connectivity index (χ0) is 21.9. The smallest absolute Gasteiger partial charge is 0.259 e. The third-order valence-electron chi connectivity index (χ3n) is 6.13. The van der Waals surface area contributed by atoms with Crippen LogP contribution in [0.3, 0.4) is 0 Å². The zero-order valence-electron chi connectivity index (χ0n) is 18.0. The Hall–Kier alpha value is -2.86. The Morgan fingerprint density at radius 3 is 2.45 bits per heavy atom. The summed E-state index contributed by atoms with van der Waals surface area (Å²) in [5.41, 5.74) is 3.97. The Morgan fingerprint density at radius 2 is 1.81 bits per heavy atom. The van der Waals surface area contributed by atoms with E-state index >= 15 is 0 Å². The molecule has 5 nitrogen and oxygen atoms in total. The molecule has 1 aliphatic carbocycles. The van der Waals surface area contributed by atoms with E-state index in [2.05, 4.69) is 11.2 Å². The summed E-state index contributed by atoms with van der Waals surface area (Å²) in [5.74, 6) is 0.776. The number of hydrazone groups is 1. The molecule has 0 N–H and O–H groups in total. The third-order valence-corrected chi connectivity index (χ3v) is 8.51. The highest BCUT2D eigenvalue weighted by atomic mass is 32.2. The summed E-state index contributed by atoms with van der Waals surface area (Å²) in [6.45, 7) is 2.27. The molecule has 1 aliphatic heterocycles. The molecule has 0 fully saturated rings. The highest BCUT2D eigenvalue weighted by Gasteiger charge is 2.47. The fraction of sp³-hybridized carbons (Fsp3) is 0.320. The summed E-state index contributed by atoms with van der Waals surface area (Å²) in [5, 5.41) is 4.24. The van der Waals surface area contributed by atoms with Gasteiger partial charge in [0.1, 0.15) is 10.5 Å². The molecule has 2 aliphatic rings. The van der Waals surface area contributed by atoms with Gasteiger partial charge in [-0.3, -0.25) is 0 Å². The van der Waals surface area contributed by atoms with Crippen molar-refractivity contribution in [3.05, 3.63) is 83.4 Å². The molecule has 0 aromatic heterocycles. The first-order valence-corrected chi connectivity index (χ1v) is 12.0. The van der Waals surface area contributed by atoms with Crippen LogP contribution in [0.5, 0.6) is 5.75 Å². The summed E-state index contributed by atoms with van der Waals surface area (Å²) < 4.78 is 33.2. The SMILES string of the molecule is COc1ccc(C2=CC=C(Cc3ccccc3)[C@@](C)(S(=O)(=O)N3CCCC=N3)C2)cc1. The van der Waals surface area contributed by atoms with Crippen LogP contribution in [-0.2, 0) is 16.4 Å². The predicted molar refractivity (Wildman–Crippen MR) is 126 cm³/mol. The fourth-order valence-electron chi connectivity index (χ4n) is 4.17. The normalized spacial score (nSPS) is 21.4. The van der Waals surface area contributed by atoms with Gasteiger partial charge in [-0.2, -0.15) is 9.52 Å². The highest BCUT2D eigenvalue weighted by molar-refractivity contribution is 7.90. The minimum atomic E-state index is -3.71. The summed E-state index contributed by atoms with van der Waals surface area (Å²) in [4.78, 5) is 0. The van der Waals surface area contributed by atoms with E-state index in [1.54, 1.807) is 13.3 Å². The summed E-state index contributed by atoms with van der Waals surface area (Å²) >= 11 is 0. The maximum absolute atomic E-state index is 13.9. The molecular weight excluding hydrogens is 408 g/mol. The first-order chi connectivity index (χ1) is 14.9. The van der Waals surface area contributed by atoms with Crippen molar-refractivity contribution in [1.82, 2.24) is 4.41 Å². The van der Waals surface area contributed by atoms with E-state index < -0.39 is 14.8 Å². The van der Waals surface area contributed by atoms with Crippen molar-refractivity contribution in [2.45, 2.75) is 37.4 Å². The lowest BCUT2D eigenvalue weighted by Gasteiger charge is -2.39. The molecule has 0 saturated carbocycles. The molecule has 0 unspecified atom stereocenters. The standard InChI is InChI=1S/C25H28N2O3S/c1-25(31(28,29)27-17-7-6-16-26-27)19-22(21-11-14-24(30-2)15-12-21)10-13-23(25)18-20-8-4-3-5-9-20/h3-5,8-16H,6-7,17-19H2,1-2H3/t25-/m0/s1. The van der Waals surface area contributed by atoms with Gasteiger partial charge in [-0.15, -0.1) is 0 Å². The van der Waals surface area contributed by atoms with Crippen LogP contribution in [-0.4, -0.2) is 37.4 Å². The number of ether oxygens (including phenoxy) is 1. The summed E-state index contributed by atoms with van der Waals surface area (Å²) in [6.07, 6.45) is 8.32. The molecule has 2 aromatic rings. The van der Waals surface area contributed by atoms with E-state index in [1.807, 2.05) is 67.6 Å². The van der Waals surface area contributed by atoms with Gasteiger partial charge in [-0.25, -0.2) is 8.42 Å². The van der Waals surface area contributed by atoms with E-state index in [0.29, 0.717) is 19.4 Å². The number of rotatable bonds is 6. The van der Waals surface area contributed by atoms with Crippen molar-refractivity contribution in [1.29, 1.82) is 0 Å². The second-order valence-electron chi connectivity index (χ2n) is 8.17. The van der Waals surface area contributed by atoms with Crippen LogP contribution in [0, 0.1) is 0 Å². The maximum atomic E-state index is 13.9. The van der Waals surface area contributed by atoms with Crippen molar-refractivity contribution in [3.8, 4) is 5.75 Å². The van der Waals surface area contributed by atoms with Gasteiger partial charge in [-0.05, 0) is 67.0 Å². The lowest BCUT2D eigenvalue weighted by atomic mass is 9.82. The second-order valence-corrected chi connectivity index (χ2v) is 10.4. The van der Waals surface area contributed by atoms with Crippen LogP contribution < -0.4 is 4.74 Å². The first kappa shape index (κ1) is 21.4. The largest absolute Gasteiger partial charge is 0.497 e. The molecular formula is C25H28N2O3S. The van der Waals surface area contributed by atoms with Crippen LogP contribution >= 0.6 is 0 Å². The molecule has 0 bridgehead atoms. The summed E-state index contributed by atoms with van der Waals surface area (Å²) in [6, 6.07) is 17.8. The number of hydrogen-bond acceptors (Lipinski definition) is 4. The molecule has 6 heteroatoms. The van der Waals surface area contributed by atoms with Gasteiger partial charge in [0.15, 0.2) is 0 Å². The van der Waals surface area contributed by atoms with Crippen molar-refractivity contribution in [2.24, 2.45) is 5.10 Å². The number of nitrogens with zero attached hydrogens (tertiary/aromatic N) is 2. The predicted octanol–water partition coefficient (Wildman–Crippen LogP) is 4.82. The monoisotopic (exact) mass is 436 g/mol. The number of benzene rings is 2. The van der Waals surface area contributed by atoms with Crippen LogP contribution in [0.15, 0.2) is 77.4 Å². The molecule has 1 heterocycles.